The van der Waals surface area contributed by atoms with Crippen LogP contribution in [-0.2, 0) is 12.8 Å². The van der Waals surface area contributed by atoms with Crippen molar-refractivity contribution in [1.82, 2.24) is 9.78 Å². The van der Waals surface area contributed by atoms with E-state index in [4.69, 9.17) is 4.74 Å². The standard InChI is InChI=1S/C21H20FN3O2/c1-27-17-6-4-5-15(13-17)23-21(26)20-18-7-2-3-8-19(18)25(24-20)16-11-9-14(22)10-12-16/h4-6,9-13H,2-3,7-8H2,1H3,(H,23,26). The molecule has 27 heavy (non-hydrogen) atoms. The Morgan fingerprint density at radius 2 is 1.93 bits per heavy atom. The number of nitrogens with one attached hydrogen (secondary N) is 1. The molecule has 2 aromatic carbocycles. The van der Waals surface area contributed by atoms with Crippen LogP contribution < -0.4 is 10.1 Å². The van der Waals surface area contributed by atoms with Crippen molar-refractivity contribution in [3.8, 4) is 11.4 Å². The SMILES string of the molecule is COc1cccc(NC(=O)c2nn(-c3ccc(F)cc3)c3c2CCCC3)c1. The Hall–Kier alpha value is -3.15. The smallest absolute Gasteiger partial charge is 0.276 e. The number of hydrogen-bond acceptors (Lipinski definition) is 3. The third-order valence-electron chi connectivity index (χ3n) is 4.79. The van der Waals surface area contributed by atoms with E-state index in [1.165, 1.54) is 12.1 Å². The number of anilines is 1. The van der Waals surface area contributed by atoms with Gasteiger partial charge in [-0.25, -0.2) is 9.07 Å². The van der Waals surface area contributed by atoms with Crippen LogP contribution in [0, 0.1) is 5.82 Å². The number of methoxy groups -OCH3 is 1. The van der Waals surface area contributed by atoms with Crippen LogP contribution in [0.3, 0.4) is 0 Å². The maximum absolute atomic E-state index is 13.3. The van der Waals surface area contributed by atoms with Gasteiger partial charge in [0.25, 0.3) is 5.91 Å². The molecule has 0 unspecified atom stereocenters. The molecule has 3 aromatic rings. The molecule has 1 heterocycles. The first-order chi connectivity index (χ1) is 13.2. The van der Waals surface area contributed by atoms with Crippen LogP contribution in [0.1, 0.15) is 34.6 Å². The molecular formula is C21H20FN3O2. The summed E-state index contributed by atoms with van der Waals surface area (Å²) >= 11 is 0. The van der Waals surface area contributed by atoms with Gasteiger partial charge in [-0.15, -0.1) is 0 Å². The van der Waals surface area contributed by atoms with E-state index in [1.54, 1.807) is 30.0 Å². The number of aromatic nitrogens is 2. The number of hydrogen-bond donors (Lipinski definition) is 1. The number of nitrogens with zero attached hydrogens (tertiary/aromatic N) is 2. The molecule has 0 aliphatic heterocycles. The fourth-order valence-electron chi connectivity index (χ4n) is 3.47. The second kappa shape index (κ2) is 7.23. The first-order valence-corrected chi connectivity index (χ1v) is 8.98. The Morgan fingerprint density at radius 3 is 2.70 bits per heavy atom. The van der Waals surface area contributed by atoms with E-state index in [1.807, 2.05) is 18.2 Å². The number of carbonyl (C=O) groups excluding carboxylic acids is 1. The first kappa shape index (κ1) is 17.3. The zero-order chi connectivity index (χ0) is 18.8. The molecule has 1 aromatic heterocycles. The summed E-state index contributed by atoms with van der Waals surface area (Å²) in [5.41, 5.74) is 3.85. The highest BCUT2D eigenvalue weighted by atomic mass is 19.1. The monoisotopic (exact) mass is 365 g/mol. The van der Waals surface area contributed by atoms with Gasteiger partial charge in [-0.2, -0.15) is 5.10 Å². The second-order valence-corrected chi connectivity index (χ2v) is 6.56. The number of fused-ring (bicyclic) bond motifs is 1. The van der Waals surface area contributed by atoms with Gasteiger partial charge in [0.05, 0.1) is 12.8 Å². The highest BCUT2D eigenvalue weighted by Crippen LogP contribution is 2.28. The normalized spacial score (nSPS) is 13.1. The van der Waals surface area contributed by atoms with Gasteiger partial charge in [0.1, 0.15) is 11.6 Å². The van der Waals surface area contributed by atoms with E-state index >= 15 is 0 Å². The first-order valence-electron chi connectivity index (χ1n) is 8.98. The van der Waals surface area contributed by atoms with Gasteiger partial charge in [0.15, 0.2) is 5.69 Å². The van der Waals surface area contributed by atoms with Gasteiger partial charge < -0.3 is 10.1 Å². The largest absolute Gasteiger partial charge is 0.497 e. The highest BCUT2D eigenvalue weighted by molar-refractivity contribution is 6.04. The molecule has 4 rings (SSSR count). The second-order valence-electron chi connectivity index (χ2n) is 6.56. The number of halogens is 1. The summed E-state index contributed by atoms with van der Waals surface area (Å²) in [6.07, 6.45) is 3.75. The minimum atomic E-state index is -0.296. The van der Waals surface area contributed by atoms with E-state index < -0.39 is 0 Å². The molecule has 0 saturated carbocycles. The molecule has 0 atom stereocenters. The van der Waals surface area contributed by atoms with Crippen LogP contribution in [0.2, 0.25) is 0 Å². The van der Waals surface area contributed by atoms with Gasteiger partial charge in [-0.1, -0.05) is 6.07 Å². The molecule has 1 aliphatic carbocycles. The van der Waals surface area contributed by atoms with E-state index in [9.17, 15) is 9.18 Å². The summed E-state index contributed by atoms with van der Waals surface area (Å²) in [5.74, 6) is 0.129. The fraction of sp³-hybridized carbons (Fsp3) is 0.238. The maximum atomic E-state index is 13.3. The number of benzene rings is 2. The lowest BCUT2D eigenvalue weighted by Gasteiger charge is -2.14. The molecular weight excluding hydrogens is 345 g/mol. The average Bonchev–Trinajstić information content (AvgIpc) is 3.09. The van der Waals surface area contributed by atoms with Crippen molar-refractivity contribution in [2.75, 3.05) is 12.4 Å². The number of ether oxygens (including phenoxy) is 1. The van der Waals surface area contributed by atoms with Gasteiger partial charge >= 0.3 is 0 Å². The molecule has 138 valence electrons. The zero-order valence-electron chi connectivity index (χ0n) is 15.0. The van der Waals surface area contributed by atoms with Crippen LogP contribution in [-0.4, -0.2) is 22.8 Å². The number of rotatable bonds is 4. The van der Waals surface area contributed by atoms with Crippen molar-refractivity contribution < 1.29 is 13.9 Å². The van der Waals surface area contributed by atoms with Gasteiger partial charge in [-0.05, 0) is 62.1 Å². The number of carbonyl (C=O) groups is 1. The maximum Gasteiger partial charge on any atom is 0.276 e. The number of amides is 1. The zero-order valence-corrected chi connectivity index (χ0v) is 15.0. The van der Waals surface area contributed by atoms with Crippen LogP contribution in [0.15, 0.2) is 48.5 Å². The molecule has 1 amide bonds. The predicted octanol–water partition coefficient (Wildman–Crippen LogP) is 4.15. The summed E-state index contributed by atoms with van der Waals surface area (Å²) in [7, 11) is 1.58. The minimum absolute atomic E-state index is 0.248. The molecule has 0 spiro atoms. The predicted molar refractivity (Wildman–Crippen MR) is 101 cm³/mol. The lowest BCUT2D eigenvalue weighted by molar-refractivity contribution is 0.102. The molecule has 0 saturated heterocycles. The summed E-state index contributed by atoms with van der Waals surface area (Å²) in [5, 5.41) is 7.48. The van der Waals surface area contributed by atoms with Crippen molar-refractivity contribution in [3.63, 3.8) is 0 Å². The minimum Gasteiger partial charge on any atom is -0.497 e. The highest BCUT2D eigenvalue weighted by Gasteiger charge is 2.25. The van der Waals surface area contributed by atoms with Crippen molar-refractivity contribution >= 4 is 11.6 Å². The van der Waals surface area contributed by atoms with Crippen molar-refractivity contribution in [3.05, 3.63) is 71.3 Å². The summed E-state index contributed by atoms with van der Waals surface area (Å²) in [6.45, 7) is 0. The Labute approximate surface area is 156 Å². The quantitative estimate of drug-likeness (QED) is 0.756. The molecule has 0 bridgehead atoms. The van der Waals surface area contributed by atoms with Gasteiger partial charge in [-0.3, -0.25) is 4.79 Å². The van der Waals surface area contributed by atoms with Gasteiger partial charge in [0.2, 0.25) is 0 Å². The molecule has 6 heteroatoms. The Balaban J connectivity index is 1.69. The molecule has 5 nitrogen and oxygen atoms in total. The van der Waals surface area contributed by atoms with Crippen LogP contribution in [0.4, 0.5) is 10.1 Å². The van der Waals surface area contributed by atoms with E-state index in [-0.39, 0.29) is 11.7 Å². The van der Waals surface area contributed by atoms with Crippen molar-refractivity contribution in [2.24, 2.45) is 0 Å². The third-order valence-corrected chi connectivity index (χ3v) is 4.79. The Kier molecular flexibility index (Phi) is 4.62. The lowest BCUT2D eigenvalue weighted by atomic mass is 9.95. The van der Waals surface area contributed by atoms with Crippen LogP contribution in [0.25, 0.3) is 5.69 Å². The summed E-state index contributed by atoms with van der Waals surface area (Å²) in [6, 6.07) is 13.4. The Morgan fingerprint density at radius 1 is 1.15 bits per heavy atom. The average molecular weight is 365 g/mol. The van der Waals surface area contributed by atoms with Crippen LogP contribution in [0.5, 0.6) is 5.75 Å². The van der Waals surface area contributed by atoms with E-state index in [0.717, 1.165) is 42.6 Å². The lowest BCUT2D eigenvalue weighted by Crippen LogP contribution is -2.15. The molecule has 1 N–H and O–H groups in total. The third kappa shape index (κ3) is 3.43. The van der Waals surface area contributed by atoms with Crippen LogP contribution >= 0.6 is 0 Å². The summed E-state index contributed by atoms with van der Waals surface area (Å²) < 4.78 is 20.2. The summed E-state index contributed by atoms with van der Waals surface area (Å²) in [4.78, 5) is 12.9. The van der Waals surface area contributed by atoms with E-state index in [2.05, 4.69) is 10.4 Å². The van der Waals surface area contributed by atoms with Gasteiger partial charge in [0, 0.05) is 23.0 Å². The fourth-order valence-corrected chi connectivity index (χ4v) is 3.47. The Bertz CT molecular complexity index is 980. The molecule has 0 fully saturated rings. The molecule has 1 aliphatic rings. The topological polar surface area (TPSA) is 56.1 Å². The van der Waals surface area contributed by atoms with E-state index in [0.29, 0.717) is 17.1 Å². The molecule has 0 radical (unpaired) electrons. The van der Waals surface area contributed by atoms with Crippen molar-refractivity contribution in [2.45, 2.75) is 25.7 Å². The van der Waals surface area contributed by atoms with Crippen molar-refractivity contribution in [1.29, 1.82) is 0 Å².